The molecular weight excluding hydrogens is 466 g/mol. The van der Waals surface area contributed by atoms with E-state index >= 15 is 0 Å². The van der Waals surface area contributed by atoms with Gasteiger partial charge < -0.3 is 0 Å². The van der Waals surface area contributed by atoms with Crippen LogP contribution in [0.25, 0.3) is 66.8 Å². The van der Waals surface area contributed by atoms with E-state index in [4.69, 9.17) is 9.97 Å². The van der Waals surface area contributed by atoms with E-state index in [1.807, 2.05) is 60.9 Å². The molecule has 0 bridgehead atoms. The molecule has 5 nitrogen and oxygen atoms in total. The average Bonchev–Trinajstić information content (AvgIpc) is 3.01. The normalized spacial score (nSPS) is 11.2. The summed E-state index contributed by atoms with van der Waals surface area (Å²) in [7, 11) is 0. The van der Waals surface area contributed by atoms with Crippen molar-refractivity contribution in [3.05, 3.63) is 128 Å². The van der Waals surface area contributed by atoms with Gasteiger partial charge in [-0.25, -0.2) is 9.97 Å². The maximum Gasteiger partial charge on any atom is 0.160 e. The Hall–Kier alpha value is -5.29. The van der Waals surface area contributed by atoms with Crippen LogP contribution < -0.4 is 0 Å². The molecule has 3 aromatic carbocycles. The van der Waals surface area contributed by atoms with Crippen LogP contribution in [0.5, 0.6) is 0 Å². The number of rotatable bonds is 4. The fourth-order valence-corrected chi connectivity index (χ4v) is 4.86. The van der Waals surface area contributed by atoms with Gasteiger partial charge in [-0.05, 0) is 53.6 Å². The van der Waals surface area contributed by atoms with Gasteiger partial charge in [0, 0.05) is 52.3 Å². The molecule has 0 fully saturated rings. The predicted molar refractivity (Wildman–Crippen MR) is 152 cm³/mol. The first-order chi connectivity index (χ1) is 18.8. The van der Waals surface area contributed by atoms with Crippen molar-refractivity contribution in [1.29, 1.82) is 0 Å². The predicted octanol–water partition coefficient (Wildman–Crippen LogP) is 7.64. The van der Waals surface area contributed by atoms with Crippen LogP contribution >= 0.6 is 0 Å². The zero-order valence-corrected chi connectivity index (χ0v) is 20.4. The van der Waals surface area contributed by atoms with Crippen molar-refractivity contribution in [1.82, 2.24) is 24.9 Å². The van der Waals surface area contributed by atoms with Crippen molar-refractivity contribution < 1.29 is 0 Å². The van der Waals surface area contributed by atoms with Crippen molar-refractivity contribution in [3.63, 3.8) is 0 Å². The third kappa shape index (κ3) is 3.96. The lowest BCUT2D eigenvalue weighted by Crippen LogP contribution is -1.97. The molecule has 0 saturated heterocycles. The Morgan fingerprint density at radius 2 is 0.947 bits per heavy atom. The summed E-state index contributed by atoms with van der Waals surface area (Å²) in [4.78, 5) is 23.4. The largest absolute Gasteiger partial charge is 0.265 e. The molecule has 0 aliphatic carbocycles. The maximum absolute atomic E-state index is 5.07. The second-order valence-electron chi connectivity index (χ2n) is 9.03. The van der Waals surface area contributed by atoms with Gasteiger partial charge in [0.1, 0.15) is 0 Å². The molecule has 0 aliphatic heterocycles. The van der Waals surface area contributed by atoms with Gasteiger partial charge in [-0.15, -0.1) is 0 Å². The molecule has 0 N–H and O–H groups in total. The fraction of sp³-hybridized carbons (Fsp3) is 0. The number of pyridine rings is 3. The van der Waals surface area contributed by atoms with Gasteiger partial charge >= 0.3 is 0 Å². The Balaban J connectivity index is 1.44. The molecule has 0 aliphatic rings. The first-order valence-electron chi connectivity index (χ1n) is 12.4. The topological polar surface area (TPSA) is 64.5 Å². The minimum absolute atomic E-state index is 0.667. The highest BCUT2D eigenvalue weighted by molar-refractivity contribution is 5.97. The molecule has 178 valence electrons. The Kier molecular flexibility index (Phi) is 5.37. The summed E-state index contributed by atoms with van der Waals surface area (Å²) in [5, 5.41) is 2.11. The van der Waals surface area contributed by atoms with E-state index in [1.54, 1.807) is 12.4 Å². The molecular formula is C33H21N5. The summed E-state index contributed by atoms with van der Waals surface area (Å²) in [6, 6.07) is 34.8. The van der Waals surface area contributed by atoms with Crippen LogP contribution in [-0.2, 0) is 0 Å². The van der Waals surface area contributed by atoms with Gasteiger partial charge in [-0.3, -0.25) is 15.0 Å². The second kappa shape index (κ2) is 9.30. The first-order valence-corrected chi connectivity index (χ1v) is 12.4. The molecule has 7 rings (SSSR count). The minimum atomic E-state index is 0.667. The van der Waals surface area contributed by atoms with Gasteiger partial charge in [-0.1, -0.05) is 60.7 Å². The third-order valence-electron chi connectivity index (χ3n) is 6.73. The van der Waals surface area contributed by atoms with Crippen LogP contribution in [0.15, 0.2) is 128 Å². The number of aromatic nitrogens is 5. The molecule has 0 amide bonds. The van der Waals surface area contributed by atoms with Crippen molar-refractivity contribution in [3.8, 4) is 45.0 Å². The van der Waals surface area contributed by atoms with Crippen LogP contribution in [0.2, 0.25) is 0 Å². The highest BCUT2D eigenvalue weighted by Gasteiger charge is 2.14. The van der Waals surface area contributed by atoms with Crippen LogP contribution in [0.4, 0.5) is 0 Å². The summed E-state index contributed by atoms with van der Waals surface area (Å²) in [6.45, 7) is 0. The Labute approximate surface area is 219 Å². The molecule has 0 spiro atoms. The van der Waals surface area contributed by atoms with E-state index in [-0.39, 0.29) is 0 Å². The van der Waals surface area contributed by atoms with Gasteiger partial charge in [-0.2, -0.15) is 0 Å². The minimum Gasteiger partial charge on any atom is -0.265 e. The zero-order chi connectivity index (χ0) is 25.3. The van der Waals surface area contributed by atoms with Gasteiger partial charge in [0.05, 0.1) is 22.4 Å². The maximum atomic E-state index is 5.07. The lowest BCUT2D eigenvalue weighted by molar-refractivity contribution is 1.19. The number of benzene rings is 3. The summed E-state index contributed by atoms with van der Waals surface area (Å²) >= 11 is 0. The number of hydrogen-bond donors (Lipinski definition) is 0. The van der Waals surface area contributed by atoms with Crippen LogP contribution in [-0.4, -0.2) is 24.9 Å². The lowest BCUT2D eigenvalue weighted by Gasteiger charge is -2.12. The van der Waals surface area contributed by atoms with Crippen molar-refractivity contribution >= 4 is 21.8 Å². The molecule has 4 aromatic heterocycles. The van der Waals surface area contributed by atoms with Gasteiger partial charge in [0.15, 0.2) is 5.82 Å². The molecule has 0 unspecified atom stereocenters. The molecule has 0 atom stereocenters. The van der Waals surface area contributed by atoms with E-state index in [1.165, 1.54) is 0 Å². The van der Waals surface area contributed by atoms with Crippen molar-refractivity contribution in [2.45, 2.75) is 0 Å². The van der Waals surface area contributed by atoms with E-state index < -0.39 is 0 Å². The van der Waals surface area contributed by atoms with E-state index in [9.17, 15) is 0 Å². The molecule has 38 heavy (non-hydrogen) atoms. The average molecular weight is 488 g/mol. The van der Waals surface area contributed by atoms with E-state index in [0.717, 1.165) is 61.0 Å². The number of hydrogen-bond acceptors (Lipinski definition) is 5. The van der Waals surface area contributed by atoms with E-state index in [2.05, 4.69) is 69.5 Å². The monoisotopic (exact) mass is 487 g/mol. The quantitative estimate of drug-likeness (QED) is 0.255. The Bertz CT molecular complexity index is 1810. The van der Waals surface area contributed by atoms with E-state index in [0.29, 0.717) is 5.82 Å². The summed E-state index contributed by atoms with van der Waals surface area (Å²) in [5.74, 6) is 0.667. The molecule has 5 heteroatoms. The summed E-state index contributed by atoms with van der Waals surface area (Å²) in [6.07, 6.45) is 7.24. The Morgan fingerprint density at radius 1 is 0.421 bits per heavy atom. The lowest BCUT2D eigenvalue weighted by atomic mass is 10.0. The smallest absolute Gasteiger partial charge is 0.160 e. The number of nitrogens with zero attached hydrogens (tertiary/aromatic N) is 5. The molecule has 4 heterocycles. The first kappa shape index (κ1) is 21.9. The van der Waals surface area contributed by atoms with Crippen molar-refractivity contribution in [2.24, 2.45) is 0 Å². The fourth-order valence-electron chi connectivity index (χ4n) is 4.86. The second-order valence-corrected chi connectivity index (χ2v) is 9.03. The molecule has 0 saturated carbocycles. The van der Waals surface area contributed by atoms with Crippen LogP contribution in [0, 0.1) is 0 Å². The zero-order valence-electron chi connectivity index (χ0n) is 20.4. The highest BCUT2D eigenvalue weighted by Crippen LogP contribution is 2.34. The van der Waals surface area contributed by atoms with Gasteiger partial charge in [0.25, 0.3) is 0 Å². The Morgan fingerprint density at radius 3 is 1.53 bits per heavy atom. The summed E-state index contributed by atoms with van der Waals surface area (Å²) in [5.41, 5.74) is 8.79. The van der Waals surface area contributed by atoms with Crippen molar-refractivity contribution in [2.75, 3.05) is 0 Å². The summed E-state index contributed by atoms with van der Waals surface area (Å²) < 4.78 is 0. The highest BCUT2D eigenvalue weighted by atomic mass is 14.9. The van der Waals surface area contributed by atoms with Crippen LogP contribution in [0.3, 0.4) is 0 Å². The van der Waals surface area contributed by atoms with Gasteiger partial charge in [0.2, 0.25) is 0 Å². The standard InChI is InChI=1S/C33H21N5/c1-5-27(25-7-3-17-35-29(25)9-1)31-21-32(28-6-2-10-30-26(28)8-4-18-36-30)38-33(37-31)24-13-11-22(12-14-24)23-15-19-34-20-16-23/h1-21H. The third-order valence-corrected chi connectivity index (χ3v) is 6.73. The van der Waals surface area contributed by atoms with Crippen LogP contribution in [0.1, 0.15) is 0 Å². The SMILES string of the molecule is c1cc(-c2cc(-c3cccc4ncccc34)nc(-c3ccc(-c4ccncc4)cc3)n2)c2cccnc2c1. The molecule has 0 radical (unpaired) electrons. The number of fused-ring (bicyclic) bond motifs is 2. The molecule has 7 aromatic rings.